The van der Waals surface area contributed by atoms with E-state index in [1.807, 2.05) is 44.2 Å². The zero-order chi connectivity index (χ0) is 31.4. The lowest BCUT2D eigenvalue weighted by atomic mass is 10.0. The summed E-state index contributed by atoms with van der Waals surface area (Å²) in [4.78, 5) is 35.6. The second-order valence-corrected chi connectivity index (χ2v) is 13.9. The second kappa shape index (κ2) is 13.3. The van der Waals surface area contributed by atoms with Crippen molar-refractivity contribution < 1.29 is 27.9 Å². The number of carbonyl (C=O) groups is 2. The van der Waals surface area contributed by atoms with Gasteiger partial charge in [-0.3, -0.25) is 9.69 Å². The largest absolute Gasteiger partial charge is 0.434 e. The number of nitrogen functional groups attached to an aromatic ring is 1. The number of rotatable bonds is 12. The fraction of sp³-hybridized carbons (Fsp3) is 0.333. The summed E-state index contributed by atoms with van der Waals surface area (Å²) in [5, 5.41) is 14.7. The van der Waals surface area contributed by atoms with Crippen molar-refractivity contribution in [3.05, 3.63) is 78.5 Å². The van der Waals surface area contributed by atoms with Crippen LogP contribution in [0.25, 0.3) is 10.2 Å². The Kier molecular flexibility index (Phi) is 9.44. The number of nitrogens with one attached hydrogen (secondary N) is 1. The van der Waals surface area contributed by atoms with Gasteiger partial charge in [0.15, 0.2) is 11.2 Å². The molecular formula is C30H34N6O6S2. The number of aromatic nitrogens is 2. The molecule has 0 bridgehead atoms. The normalized spacial score (nSPS) is 16.8. The number of ether oxygens (including phenoxy) is 1. The number of thiazole rings is 1. The number of hydrogen-bond acceptors (Lipinski definition) is 10. The number of hydrogen-bond donors (Lipinski definition) is 3. The quantitative estimate of drug-likeness (QED) is 0.211. The van der Waals surface area contributed by atoms with Gasteiger partial charge in [0.05, 0.1) is 33.8 Å². The Hall–Kier alpha value is -4.11. The molecule has 4 N–H and O–H groups in total. The van der Waals surface area contributed by atoms with Gasteiger partial charge in [0.2, 0.25) is 10.0 Å². The summed E-state index contributed by atoms with van der Waals surface area (Å²) >= 11 is 1.19. The highest BCUT2D eigenvalue weighted by molar-refractivity contribution is 7.89. The molecule has 1 fully saturated rings. The first kappa shape index (κ1) is 31.3. The average molecular weight is 639 g/mol. The summed E-state index contributed by atoms with van der Waals surface area (Å²) in [6.45, 7) is 3.55. The summed E-state index contributed by atoms with van der Waals surface area (Å²) < 4.78 is 35.0. The molecule has 2 amide bonds. The Morgan fingerprint density at radius 3 is 2.61 bits per heavy atom. The van der Waals surface area contributed by atoms with Crippen molar-refractivity contribution in [2.45, 2.75) is 43.4 Å². The number of aliphatic hydroxyl groups excluding tert-OH is 1. The lowest BCUT2D eigenvalue weighted by Crippen LogP contribution is -2.53. The fourth-order valence-electron chi connectivity index (χ4n) is 4.97. The fourth-order valence-corrected chi connectivity index (χ4v) is 7.47. The number of aliphatic hydroxyl groups is 1. The first-order chi connectivity index (χ1) is 21.0. The summed E-state index contributed by atoms with van der Waals surface area (Å²) in [6.07, 6.45) is -1.43. The summed E-state index contributed by atoms with van der Waals surface area (Å²) in [7, 11) is -4.05. The molecule has 3 heterocycles. The monoisotopic (exact) mass is 638 g/mol. The van der Waals surface area contributed by atoms with Crippen LogP contribution >= 0.6 is 11.3 Å². The molecule has 0 saturated carbocycles. The highest BCUT2D eigenvalue weighted by atomic mass is 32.2. The van der Waals surface area contributed by atoms with Crippen LogP contribution in [-0.2, 0) is 26.0 Å². The molecule has 1 aliphatic heterocycles. The topological polar surface area (TPSA) is 168 Å². The summed E-state index contributed by atoms with van der Waals surface area (Å²) in [5.41, 5.74) is 7.23. The third-order valence-corrected chi connectivity index (χ3v) is 9.77. The van der Waals surface area contributed by atoms with Gasteiger partial charge in [-0.15, -0.1) is 0 Å². The van der Waals surface area contributed by atoms with E-state index in [2.05, 4.69) is 15.3 Å². The number of nitrogens with zero attached hydrogens (tertiary/aromatic N) is 4. The number of pyridine rings is 1. The Labute approximate surface area is 259 Å². The Balaban J connectivity index is 1.37. The number of fused-ring (bicyclic) bond motifs is 1. The minimum Gasteiger partial charge on any atom is -0.434 e. The minimum absolute atomic E-state index is 0.0534. The molecule has 44 heavy (non-hydrogen) atoms. The van der Waals surface area contributed by atoms with Crippen LogP contribution in [0.15, 0.2) is 77.8 Å². The third kappa shape index (κ3) is 7.16. The van der Waals surface area contributed by atoms with E-state index in [1.165, 1.54) is 38.9 Å². The first-order valence-electron chi connectivity index (χ1n) is 14.1. The van der Waals surface area contributed by atoms with Gasteiger partial charge in [0, 0.05) is 19.3 Å². The van der Waals surface area contributed by atoms with Gasteiger partial charge in [-0.25, -0.2) is 23.2 Å². The Bertz CT molecular complexity index is 1720. The van der Waals surface area contributed by atoms with E-state index in [1.54, 1.807) is 24.3 Å². The first-order valence-corrected chi connectivity index (χ1v) is 16.3. The maximum absolute atomic E-state index is 13.9. The van der Waals surface area contributed by atoms with Gasteiger partial charge in [-0.1, -0.05) is 61.6 Å². The number of nitrogens with two attached hydrogens (primary N) is 1. The van der Waals surface area contributed by atoms with Crippen LogP contribution in [0.1, 0.15) is 19.4 Å². The molecule has 3 atom stereocenters. The molecule has 5 rings (SSSR count). The van der Waals surface area contributed by atoms with Gasteiger partial charge in [0.25, 0.3) is 5.91 Å². The van der Waals surface area contributed by atoms with E-state index in [0.717, 1.165) is 5.56 Å². The van der Waals surface area contributed by atoms with Crippen molar-refractivity contribution >= 4 is 54.5 Å². The number of benzene rings is 2. The summed E-state index contributed by atoms with van der Waals surface area (Å²) in [6, 6.07) is 18.0. The molecule has 0 unspecified atom stereocenters. The zero-order valence-electron chi connectivity index (χ0n) is 24.2. The highest BCUT2D eigenvalue weighted by Crippen LogP contribution is 2.28. The maximum Gasteiger partial charge on any atom is 0.416 e. The molecular weight excluding hydrogens is 605 g/mol. The van der Waals surface area contributed by atoms with E-state index in [9.17, 15) is 23.1 Å². The number of anilines is 2. The molecule has 1 saturated heterocycles. The molecule has 2 aromatic carbocycles. The predicted molar refractivity (Wildman–Crippen MR) is 168 cm³/mol. The molecule has 1 aliphatic rings. The Morgan fingerprint density at radius 1 is 1.16 bits per heavy atom. The minimum atomic E-state index is -4.05. The van der Waals surface area contributed by atoms with Crippen LogP contribution in [0, 0.1) is 5.92 Å². The number of amides is 2. The standard InChI is InChI=1S/C30H34N6O6S2/c1-19(2)16-35(44(40,41)21-11-12-22-26(15-21)43-29(31)34-22)17-24(37)23(14-20-8-4-3-5-9-20)33-28(38)25-18-36(30(39)42-25)27-10-6-7-13-32-27/h3-13,15,19,23-25,37H,14,16-18H2,1-2H3,(H2,31,34)(H,33,38)/t23-,24+,25-/m0/s1. The number of sulfonamides is 1. The van der Waals surface area contributed by atoms with Crippen molar-refractivity contribution in [3.63, 3.8) is 0 Å². The molecule has 12 nitrogen and oxygen atoms in total. The molecule has 4 aromatic rings. The third-order valence-electron chi connectivity index (χ3n) is 7.09. The molecule has 14 heteroatoms. The van der Waals surface area contributed by atoms with Gasteiger partial charge >= 0.3 is 6.09 Å². The Morgan fingerprint density at radius 2 is 1.91 bits per heavy atom. The molecule has 0 spiro atoms. The molecule has 0 aliphatic carbocycles. The van der Waals surface area contributed by atoms with Crippen molar-refractivity contribution in [2.75, 3.05) is 30.3 Å². The predicted octanol–water partition coefficient (Wildman–Crippen LogP) is 3.03. The number of cyclic esters (lactones) is 1. The highest BCUT2D eigenvalue weighted by Gasteiger charge is 2.39. The summed E-state index contributed by atoms with van der Waals surface area (Å²) in [5.74, 6) is -0.317. The molecule has 2 aromatic heterocycles. The van der Waals surface area contributed by atoms with E-state index in [-0.39, 0.29) is 36.9 Å². The van der Waals surface area contributed by atoms with Crippen molar-refractivity contribution in [3.8, 4) is 0 Å². The van der Waals surface area contributed by atoms with Crippen LogP contribution in [0.2, 0.25) is 0 Å². The molecule has 232 valence electrons. The average Bonchev–Trinajstić information content (AvgIpc) is 3.58. The van der Waals surface area contributed by atoms with E-state index in [0.29, 0.717) is 21.2 Å². The lowest BCUT2D eigenvalue weighted by molar-refractivity contribution is -0.129. The van der Waals surface area contributed by atoms with Gasteiger partial charge in [-0.05, 0) is 48.2 Å². The van der Waals surface area contributed by atoms with Crippen LogP contribution in [0.3, 0.4) is 0 Å². The van der Waals surface area contributed by atoms with Crippen molar-refractivity contribution in [1.82, 2.24) is 19.6 Å². The van der Waals surface area contributed by atoms with Gasteiger partial charge in [-0.2, -0.15) is 4.31 Å². The van der Waals surface area contributed by atoms with E-state index < -0.39 is 40.3 Å². The van der Waals surface area contributed by atoms with Gasteiger partial charge < -0.3 is 20.9 Å². The van der Waals surface area contributed by atoms with Crippen molar-refractivity contribution in [2.24, 2.45) is 5.92 Å². The SMILES string of the molecule is CC(C)CN(C[C@@H](O)[C@H](Cc1ccccc1)NC(=O)[C@@H]1CN(c2ccccn2)C(=O)O1)S(=O)(=O)c1ccc2nc(N)sc2c1. The van der Waals surface area contributed by atoms with Crippen LogP contribution in [-0.4, -0.2) is 77.7 Å². The zero-order valence-corrected chi connectivity index (χ0v) is 25.9. The second-order valence-electron chi connectivity index (χ2n) is 10.9. The van der Waals surface area contributed by atoms with Crippen LogP contribution in [0.5, 0.6) is 0 Å². The van der Waals surface area contributed by atoms with E-state index >= 15 is 0 Å². The van der Waals surface area contributed by atoms with Crippen LogP contribution in [0.4, 0.5) is 15.7 Å². The number of carbonyl (C=O) groups excluding carboxylic acids is 2. The maximum atomic E-state index is 13.9. The van der Waals surface area contributed by atoms with Crippen molar-refractivity contribution in [1.29, 1.82) is 0 Å². The smallest absolute Gasteiger partial charge is 0.416 e. The lowest BCUT2D eigenvalue weighted by Gasteiger charge is -2.31. The van der Waals surface area contributed by atoms with Crippen LogP contribution < -0.4 is 16.0 Å². The van der Waals surface area contributed by atoms with E-state index in [4.69, 9.17) is 10.5 Å². The van der Waals surface area contributed by atoms with Gasteiger partial charge in [0.1, 0.15) is 5.82 Å². The molecule has 0 radical (unpaired) electrons.